The third kappa shape index (κ3) is 3.94. The van der Waals surface area contributed by atoms with E-state index in [-0.39, 0.29) is 29.4 Å². The molecule has 6 heteroatoms. The molecule has 0 unspecified atom stereocenters. The van der Waals surface area contributed by atoms with Crippen LogP contribution in [-0.4, -0.2) is 68.1 Å². The summed E-state index contributed by atoms with van der Waals surface area (Å²) in [5.41, 5.74) is 5.64. The Morgan fingerprint density at radius 3 is 2.00 bits per heavy atom. The Morgan fingerprint density at radius 2 is 1.71 bits per heavy atom. The second-order valence-corrected chi connectivity index (χ2v) is 7.14. The van der Waals surface area contributed by atoms with Gasteiger partial charge in [0.15, 0.2) is 0 Å². The van der Waals surface area contributed by atoms with Crippen LogP contribution in [-0.2, 0) is 14.3 Å². The van der Waals surface area contributed by atoms with E-state index in [1.54, 1.807) is 0 Å². The summed E-state index contributed by atoms with van der Waals surface area (Å²) in [5, 5.41) is 8.57. The molecule has 3 saturated heterocycles. The Morgan fingerprint density at radius 1 is 1.19 bits per heavy atom. The van der Waals surface area contributed by atoms with Crippen LogP contribution >= 0.6 is 0 Å². The van der Waals surface area contributed by atoms with E-state index in [2.05, 4.69) is 0 Å². The molecule has 6 nitrogen and oxygen atoms in total. The number of hydrogen-bond acceptors (Lipinski definition) is 5. The molecule has 0 bridgehead atoms. The number of likely N-dealkylation sites (tertiary alicyclic amines) is 1. The minimum Gasteiger partial charge on any atom is -0.396 e. The summed E-state index contributed by atoms with van der Waals surface area (Å²) in [6.07, 6.45) is 1.87. The molecule has 0 saturated carbocycles. The normalized spacial score (nSPS) is 27.0. The summed E-state index contributed by atoms with van der Waals surface area (Å²) >= 11 is 0. The molecule has 0 aromatic rings. The minimum atomic E-state index is -0.249. The Labute approximate surface area is 126 Å². The van der Waals surface area contributed by atoms with Gasteiger partial charge in [0.1, 0.15) is 0 Å². The molecule has 3 aliphatic heterocycles. The number of rotatable bonds is 2. The average Bonchev–Trinajstić information content (AvgIpc) is 2.43. The van der Waals surface area contributed by atoms with Crippen molar-refractivity contribution in [2.45, 2.75) is 32.7 Å². The molecule has 0 atom stereocenters. The standard InChI is InChI=1S/C10H18N2O2.C5H10O2/c1-10(6-14-7-10)9(13)12-4-2-8(11)3-5-12;1-5(2-6)3-7-4-5/h8H,2-7,11H2,1H3;6H,2-4H2,1H3. The summed E-state index contributed by atoms with van der Waals surface area (Å²) in [6.45, 7) is 8.48. The van der Waals surface area contributed by atoms with E-state index in [1.165, 1.54) is 0 Å². The van der Waals surface area contributed by atoms with Crippen LogP contribution in [0.5, 0.6) is 0 Å². The lowest BCUT2D eigenvalue weighted by atomic mass is 9.86. The van der Waals surface area contributed by atoms with Gasteiger partial charge in [-0.15, -0.1) is 0 Å². The highest BCUT2D eigenvalue weighted by Crippen LogP contribution is 2.30. The zero-order valence-electron chi connectivity index (χ0n) is 13.1. The summed E-state index contributed by atoms with van der Waals surface area (Å²) in [4.78, 5) is 14.0. The molecule has 3 aliphatic rings. The van der Waals surface area contributed by atoms with Crippen LogP contribution in [0.15, 0.2) is 0 Å². The molecule has 0 aromatic carbocycles. The van der Waals surface area contributed by atoms with Crippen LogP contribution in [0.2, 0.25) is 0 Å². The van der Waals surface area contributed by atoms with Crippen LogP contribution < -0.4 is 5.73 Å². The highest BCUT2D eigenvalue weighted by Gasteiger charge is 2.43. The fraction of sp³-hybridized carbons (Fsp3) is 0.933. The van der Waals surface area contributed by atoms with Crippen molar-refractivity contribution in [2.75, 3.05) is 46.1 Å². The SMILES string of the molecule is CC1(C(=O)N2CCC(N)CC2)COC1.CC1(CO)COC1. The van der Waals surface area contributed by atoms with E-state index < -0.39 is 0 Å². The molecule has 1 amide bonds. The third-order valence-electron chi connectivity index (χ3n) is 4.47. The smallest absolute Gasteiger partial charge is 0.233 e. The predicted molar refractivity (Wildman–Crippen MR) is 78.7 cm³/mol. The van der Waals surface area contributed by atoms with Crippen molar-refractivity contribution in [2.24, 2.45) is 16.6 Å². The first-order chi connectivity index (χ1) is 9.88. The van der Waals surface area contributed by atoms with Crippen molar-refractivity contribution in [1.29, 1.82) is 0 Å². The molecule has 3 N–H and O–H groups in total. The fourth-order valence-electron chi connectivity index (χ4n) is 2.56. The summed E-state index contributed by atoms with van der Waals surface area (Å²) < 4.78 is 9.97. The molecule has 0 spiro atoms. The van der Waals surface area contributed by atoms with Crippen LogP contribution in [0.3, 0.4) is 0 Å². The second kappa shape index (κ2) is 6.60. The summed E-state index contributed by atoms with van der Waals surface area (Å²) in [6, 6.07) is 0.282. The maximum absolute atomic E-state index is 12.0. The quantitative estimate of drug-likeness (QED) is 0.749. The molecule has 122 valence electrons. The van der Waals surface area contributed by atoms with Gasteiger partial charge >= 0.3 is 0 Å². The first kappa shape index (κ1) is 16.7. The number of nitrogens with two attached hydrogens (primary N) is 1. The Hall–Kier alpha value is -0.690. The predicted octanol–water partition coefficient (Wildman–Crippen LogP) is -0.0122. The van der Waals surface area contributed by atoms with Gasteiger partial charge in [0.25, 0.3) is 0 Å². The van der Waals surface area contributed by atoms with Gasteiger partial charge in [-0.3, -0.25) is 4.79 Å². The number of ether oxygens (including phenoxy) is 2. The third-order valence-corrected chi connectivity index (χ3v) is 4.47. The molecular weight excluding hydrogens is 272 g/mol. The highest BCUT2D eigenvalue weighted by molar-refractivity contribution is 5.83. The van der Waals surface area contributed by atoms with Gasteiger partial charge in [-0.1, -0.05) is 6.92 Å². The monoisotopic (exact) mass is 300 g/mol. The largest absolute Gasteiger partial charge is 0.396 e. The van der Waals surface area contributed by atoms with Crippen LogP contribution in [0, 0.1) is 10.8 Å². The number of carbonyl (C=O) groups excluding carboxylic acids is 1. The summed E-state index contributed by atoms with van der Waals surface area (Å²) in [5.74, 6) is 0.246. The lowest BCUT2D eigenvalue weighted by Gasteiger charge is -2.42. The van der Waals surface area contributed by atoms with Crippen LogP contribution in [0.1, 0.15) is 26.7 Å². The Balaban J connectivity index is 0.000000194. The zero-order valence-corrected chi connectivity index (χ0v) is 13.1. The van der Waals surface area contributed by atoms with E-state index in [1.807, 2.05) is 18.7 Å². The molecule has 3 fully saturated rings. The molecule has 3 rings (SSSR count). The minimum absolute atomic E-state index is 0.0972. The number of piperidine rings is 1. The van der Waals surface area contributed by atoms with Crippen molar-refractivity contribution in [3.05, 3.63) is 0 Å². The van der Waals surface area contributed by atoms with Crippen LogP contribution in [0.4, 0.5) is 0 Å². The molecular formula is C15H28N2O4. The zero-order chi connectivity index (χ0) is 15.5. The first-order valence-corrected chi connectivity index (χ1v) is 7.70. The first-order valence-electron chi connectivity index (χ1n) is 7.70. The van der Waals surface area contributed by atoms with Crippen molar-refractivity contribution in [1.82, 2.24) is 4.90 Å². The van der Waals surface area contributed by atoms with Gasteiger partial charge < -0.3 is 25.2 Å². The Bertz CT molecular complexity index is 353. The van der Waals surface area contributed by atoms with E-state index in [0.717, 1.165) is 39.1 Å². The maximum Gasteiger partial charge on any atom is 0.233 e. The molecule has 3 heterocycles. The summed E-state index contributed by atoms with van der Waals surface area (Å²) in [7, 11) is 0. The van der Waals surface area contributed by atoms with Gasteiger partial charge in [0.05, 0.1) is 38.4 Å². The van der Waals surface area contributed by atoms with E-state index in [4.69, 9.17) is 20.3 Å². The number of aliphatic hydroxyl groups excluding tert-OH is 1. The van der Waals surface area contributed by atoms with Crippen molar-refractivity contribution >= 4 is 5.91 Å². The maximum atomic E-state index is 12.0. The topological polar surface area (TPSA) is 85.0 Å². The Kier molecular flexibility index (Phi) is 5.24. The lowest BCUT2D eigenvalue weighted by molar-refractivity contribution is -0.169. The van der Waals surface area contributed by atoms with Crippen molar-refractivity contribution in [3.8, 4) is 0 Å². The molecule has 0 aliphatic carbocycles. The highest BCUT2D eigenvalue weighted by atomic mass is 16.5. The van der Waals surface area contributed by atoms with Crippen molar-refractivity contribution < 1.29 is 19.4 Å². The van der Waals surface area contributed by atoms with Crippen LogP contribution in [0.25, 0.3) is 0 Å². The second-order valence-electron chi connectivity index (χ2n) is 7.14. The molecule has 0 radical (unpaired) electrons. The van der Waals surface area contributed by atoms with Gasteiger partial charge in [-0.25, -0.2) is 0 Å². The molecule has 21 heavy (non-hydrogen) atoms. The number of amides is 1. The van der Waals surface area contributed by atoms with E-state index in [9.17, 15) is 4.79 Å². The lowest BCUT2D eigenvalue weighted by Crippen LogP contribution is -2.55. The van der Waals surface area contributed by atoms with E-state index in [0.29, 0.717) is 13.2 Å². The average molecular weight is 300 g/mol. The van der Waals surface area contributed by atoms with Gasteiger partial charge in [-0.05, 0) is 19.8 Å². The number of aliphatic hydroxyl groups is 1. The van der Waals surface area contributed by atoms with Crippen molar-refractivity contribution in [3.63, 3.8) is 0 Å². The van der Waals surface area contributed by atoms with Gasteiger partial charge in [0.2, 0.25) is 5.91 Å². The number of hydrogen-bond donors (Lipinski definition) is 2. The number of nitrogens with zero attached hydrogens (tertiary/aromatic N) is 1. The van der Waals surface area contributed by atoms with Gasteiger partial charge in [0, 0.05) is 24.5 Å². The molecule has 0 aromatic heterocycles. The fourth-order valence-corrected chi connectivity index (χ4v) is 2.56. The van der Waals surface area contributed by atoms with Gasteiger partial charge in [-0.2, -0.15) is 0 Å². The van der Waals surface area contributed by atoms with E-state index >= 15 is 0 Å². The number of carbonyl (C=O) groups is 1.